The maximum absolute atomic E-state index is 10.7. The fourth-order valence-electron chi connectivity index (χ4n) is 10.4. The van der Waals surface area contributed by atoms with Gasteiger partial charge in [-0.05, 0) is 133 Å². The lowest BCUT2D eigenvalue weighted by Crippen LogP contribution is -2.37. The van der Waals surface area contributed by atoms with Crippen LogP contribution in [0, 0.1) is 23.7 Å². The van der Waals surface area contributed by atoms with E-state index in [0.717, 1.165) is 152 Å². The fraction of sp³-hybridized carbons (Fsp3) is 0.917. The number of Topliss-reactive ketones (excluding diaryl/α,β-unsaturated/α-hetero) is 1. The minimum Gasteiger partial charge on any atom is -0.481 e. The van der Waals surface area contributed by atoms with E-state index in [2.05, 4.69) is 13.8 Å². The van der Waals surface area contributed by atoms with Gasteiger partial charge in [-0.2, -0.15) is 0 Å². The number of hydrogen-bond donors (Lipinski definition) is 8. The van der Waals surface area contributed by atoms with Crippen molar-refractivity contribution in [1.29, 1.82) is 0 Å². The van der Waals surface area contributed by atoms with Crippen LogP contribution in [0.4, 0.5) is 0 Å². The molecule has 0 amide bonds. The fourth-order valence-corrected chi connectivity index (χ4v) is 10.4. The van der Waals surface area contributed by atoms with Crippen LogP contribution in [0.2, 0.25) is 0 Å². The van der Waals surface area contributed by atoms with E-state index in [1.165, 1.54) is 148 Å². The second kappa shape index (κ2) is 54.2. The Labute approximate surface area is 450 Å². The van der Waals surface area contributed by atoms with Gasteiger partial charge in [0.2, 0.25) is 0 Å². The molecule has 0 aromatic rings. The number of carboxylic acid groups (broad SMARTS) is 4. The summed E-state index contributed by atoms with van der Waals surface area (Å²) in [7, 11) is 0. The van der Waals surface area contributed by atoms with Crippen LogP contribution in [0.15, 0.2) is 0 Å². The van der Waals surface area contributed by atoms with Gasteiger partial charge in [0.1, 0.15) is 5.78 Å². The molecule has 0 radical (unpaired) electrons. The van der Waals surface area contributed by atoms with Gasteiger partial charge in [-0.25, -0.2) is 0 Å². The van der Waals surface area contributed by atoms with Gasteiger partial charge < -0.3 is 43.4 Å². The van der Waals surface area contributed by atoms with Crippen molar-refractivity contribution in [1.82, 2.24) is 0 Å². The third-order valence-electron chi connectivity index (χ3n) is 15.2. The number of carboxylic acids is 4. The van der Waals surface area contributed by atoms with Crippen LogP contribution in [-0.2, 0) is 24.0 Å². The number of unbranched alkanes of at least 4 members (excludes halogenated alkanes) is 25. The van der Waals surface area contributed by atoms with Crippen LogP contribution in [0.5, 0.6) is 0 Å². The molecule has 13 nitrogen and oxygen atoms in total. The van der Waals surface area contributed by atoms with Crippen LogP contribution >= 0.6 is 0 Å². The summed E-state index contributed by atoms with van der Waals surface area (Å²) in [6.07, 6.45) is 49.1. The maximum Gasteiger partial charge on any atom is 0.303 e. The lowest BCUT2D eigenvalue weighted by atomic mass is 9.71. The standard InChI is InChI=1S/C20H38O4.C15H30N2.C12H22O4.C7H12O.C6H16N2.2H2/c21-19(22)17-15-13-11-9-7-5-3-1-2-4-6-8-10-12-14-16-18-20(23)24;1-10-7-12(3-5-14(10)16)9-13-4-6-15(17)11(2)8-13;13-11(14)9-7-5-3-1-2-4-6-8-10-12(15)16;8-7-5-3-1-2-4-6-7;7-5-3-1-2-4-6-8;;/h1-18H2,(H,21,22)(H,23,24);10-15H,3-9,16-17H2,1-2H3;1-10H2,(H,13,14)(H,15,16);1-6H2;1-8H2;2*1H. The highest BCUT2D eigenvalue weighted by Crippen LogP contribution is 2.38. The number of hydrogen-bond acceptors (Lipinski definition) is 9. The summed E-state index contributed by atoms with van der Waals surface area (Å²) in [6.45, 7) is 6.31. The average Bonchev–Trinajstić information content (AvgIpc) is 3.60. The molecule has 6 atom stereocenters. The van der Waals surface area contributed by atoms with Crippen LogP contribution in [0.1, 0.15) is 306 Å². The van der Waals surface area contributed by atoms with Gasteiger partial charge in [-0.15, -0.1) is 0 Å². The molecular formula is C60H122N4O9. The molecule has 6 unspecified atom stereocenters. The first-order valence-corrected chi connectivity index (χ1v) is 30.4. The molecule has 3 fully saturated rings. The van der Waals surface area contributed by atoms with Crippen molar-refractivity contribution in [2.75, 3.05) is 13.1 Å². The summed E-state index contributed by atoms with van der Waals surface area (Å²) in [5.41, 5.74) is 22.8. The van der Waals surface area contributed by atoms with Crippen molar-refractivity contribution in [3.8, 4) is 0 Å². The highest BCUT2D eigenvalue weighted by molar-refractivity contribution is 5.78. The summed E-state index contributed by atoms with van der Waals surface area (Å²) >= 11 is 0. The van der Waals surface area contributed by atoms with E-state index in [1.807, 2.05) is 0 Å². The number of rotatable bonds is 37. The summed E-state index contributed by atoms with van der Waals surface area (Å²) in [4.78, 5) is 51.8. The molecule has 0 aromatic carbocycles. The molecule has 0 aliphatic heterocycles. The van der Waals surface area contributed by atoms with Gasteiger partial charge in [0, 0.05) is 53.5 Å². The van der Waals surface area contributed by atoms with E-state index in [4.69, 9.17) is 43.4 Å². The first-order chi connectivity index (χ1) is 35.1. The molecule has 3 aliphatic rings. The molecule has 0 bridgehead atoms. The molecule has 0 aromatic heterocycles. The number of carbonyl (C=O) groups excluding carboxylic acids is 1. The van der Waals surface area contributed by atoms with Crippen molar-refractivity contribution < 1.29 is 47.3 Å². The predicted molar refractivity (Wildman–Crippen MR) is 307 cm³/mol. The Morgan fingerprint density at radius 1 is 0.397 bits per heavy atom. The van der Waals surface area contributed by atoms with Crippen LogP contribution in [0.25, 0.3) is 0 Å². The number of carbonyl (C=O) groups is 5. The van der Waals surface area contributed by atoms with E-state index >= 15 is 0 Å². The van der Waals surface area contributed by atoms with Crippen molar-refractivity contribution in [3.63, 3.8) is 0 Å². The van der Waals surface area contributed by atoms with Gasteiger partial charge in [0.15, 0.2) is 0 Å². The number of nitrogens with two attached hydrogens (primary N) is 4. The Morgan fingerprint density at radius 3 is 0.849 bits per heavy atom. The Hall–Kier alpha value is -2.61. The normalized spacial score (nSPS) is 20.5. The molecule has 436 valence electrons. The monoisotopic (exact) mass is 1040 g/mol. The second-order valence-corrected chi connectivity index (χ2v) is 22.4. The zero-order chi connectivity index (χ0) is 54.6. The molecule has 3 aliphatic carbocycles. The number of aliphatic carboxylic acids is 4. The highest BCUT2D eigenvalue weighted by atomic mass is 16.4. The number of ketones is 1. The molecule has 73 heavy (non-hydrogen) atoms. The van der Waals surface area contributed by atoms with Crippen molar-refractivity contribution >= 4 is 29.7 Å². The largest absolute Gasteiger partial charge is 0.481 e. The molecule has 12 N–H and O–H groups in total. The predicted octanol–water partition coefficient (Wildman–Crippen LogP) is 15.0. The van der Waals surface area contributed by atoms with E-state index in [1.54, 1.807) is 0 Å². The maximum atomic E-state index is 10.7. The quantitative estimate of drug-likeness (QED) is 0.0213. The first kappa shape index (κ1) is 72.5. The lowest BCUT2D eigenvalue weighted by molar-refractivity contribution is -0.138. The van der Waals surface area contributed by atoms with Crippen LogP contribution in [-0.4, -0.2) is 75.3 Å². The summed E-state index contributed by atoms with van der Waals surface area (Å²) in [6, 6.07) is 0.926. The van der Waals surface area contributed by atoms with Crippen LogP contribution < -0.4 is 22.9 Å². The highest BCUT2D eigenvalue weighted by Gasteiger charge is 2.30. The molecular weight excluding hydrogens is 921 g/mol. The Bertz CT molecular complexity index is 1210. The Kier molecular flexibility index (Phi) is 53.8. The molecule has 0 heterocycles. The Balaban J connectivity index is -0.000000440. The molecule has 3 saturated carbocycles. The van der Waals surface area contributed by atoms with Gasteiger partial charge in [0.25, 0.3) is 0 Å². The lowest BCUT2D eigenvalue weighted by Gasteiger charge is -2.37. The van der Waals surface area contributed by atoms with Gasteiger partial charge in [0.05, 0.1) is 0 Å². The van der Waals surface area contributed by atoms with Crippen molar-refractivity contribution in [2.24, 2.45) is 46.6 Å². The van der Waals surface area contributed by atoms with Crippen molar-refractivity contribution in [2.45, 2.75) is 315 Å². The van der Waals surface area contributed by atoms with Crippen LogP contribution in [0.3, 0.4) is 0 Å². The smallest absolute Gasteiger partial charge is 0.303 e. The summed E-state index contributed by atoms with van der Waals surface area (Å²) in [5, 5.41) is 33.9. The van der Waals surface area contributed by atoms with Gasteiger partial charge in [-0.1, -0.05) is 168 Å². The molecule has 3 rings (SSSR count). The van der Waals surface area contributed by atoms with Gasteiger partial charge in [-0.3, -0.25) is 24.0 Å². The first-order valence-electron chi connectivity index (χ1n) is 30.4. The van der Waals surface area contributed by atoms with Gasteiger partial charge >= 0.3 is 23.9 Å². The zero-order valence-corrected chi connectivity index (χ0v) is 47.3. The van der Waals surface area contributed by atoms with E-state index < -0.39 is 23.9 Å². The zero-order valence-electron chi connectivity index (χ0n) is 47.3. The summed E-state index contributed by atoms with van der Waals surface area (Å²) < 4.78 is 0. The second-order valence-electron chi connectivity index (χ2n) is 22.4. The van der Waals surface area contributed by atoms with E-state index in [0.29, 0.717) is 30.7 Å². The molecule has 0 saturated heterocycles. The third-order valence-corrected chi connectivity index (χ3v) is 15.2. The van der Waals surface area contributed by atoms with E-state index in [9.17, 15) is 24.0 Å². The molecule has 0 spiro atoms. The summed E-state index contributed by atoms with van der Waals surface area (Å²) in [5.74, 6) is 1.05. The third kappa shape index (κ3) is 55.4. The minimum atomic E-state index is -0.714. The Morgan fingerprint density at radius 2 is 0.630 bits per heavy atom. The topological polar surface area (TPSA) is 270 Å². The SMILES string of the molecule is CC1CC(CC2CCC(N)C(C)C2)CCC1N.NCCCCCCN.O=C(O)CCCCCCCCCCC(=O)O.O=C(O)CCCCCCCCCCCCCCCCCCC(=O)O.O=C1CCCCCC1.[HH].[HH]. The minimum absolute atomic E-state index is 0. The van der Waals surface area contributed by atoms with Crippen molar-refractivity contribution in [3.05, 3.63) is 0 Å². The average molecular weight is 1040 g/mol. The molecule has 13 heteroatoms. The van der Waals surface area contributed by atoms with E-state index in [-0.39, 0.29) is 15.7 Å².